The molecule has 2 aromatic rings. The SMILES string of the molecule is Cc1ccc(C(=O)N[C@@H](C)C(=O)NCc2ccco2)cc1S(=O)(=O)N(C)C. The van der Waals surface area contributed by atoms with Gasteiger partial charge in [-0.15, -0.1) is 0 Å². The summed E-state index contributed by atoms with van der Waals surface area (Å²) in [6.45, 7) is 3.41. The number of nitrogens with zero attached hydrogens (tertiary/aromatic N) is 1. The normalized spacial score (nSPS) is 12.6. The van der Waals surface area contributed by atoms with Crippen LogP contribution in [0.4, 0.5) is 0 Å². The molecule has 1 heterocycles. The highest BCUT2D eigenvalue weighted by Gasteiger charge is 2.22. The maximum absolute atomic E-state index is 12.4. The van der Waals surface area contributed by atoms with E-state index in [0.717, 1.165) is 4.31 Å². The molecule has 0 spiro atoms. The number of aryl methyl sites for hydroxylation is 1. The van der Waals surface area contributed by atoms with Gasteiger partial charge in [0, 0.05) is 19.7 Å². The average Bonchev–Trinajstić information content (AvgIpc) is 3.13. The van der Waals surface area contributed by atoms with E-state index in [4.69, 9.17) is 4.42 Å². The Morgan fingerprint density at radius 1 is 1.22 bits per heavy atom. The highest BCUT2D eigenvalue weighted by Crippen LogP contribution is 2.20. The number of benzene rings is 1. The highest BCUT2D eigenvalue weighted by atomic mass is 32.2. The quantitative estimate of drug-likeness (QED) is 0.736. The standard InChI is InChI=1S/C18H23N3O5S/c1-12-7-8-14(10-16(12)27(24,25)21(3)4)18(23)20-13(2)17(22)19-11-15-6-5-9-26-15/h5-10,13H,11H2,1-4H3,(H,19,22)(H,20,23)/t13-/m0/s1. The van der Waals surface area contributed by atoms with E-state index in [1.807, 2.05) is 0 Å². The number of carbonyl (C=O) groups is 2. The minimum atomic E-state index is -3.68. The monoisotopic (exact) mass is 393 g/mol. The second kappa shape index (κ2) is 8.36. The summed E-state index contributed by atoms with van der Waals surface area (Å²) in [5.41, 5.74) is 0.691. The summed E-state index contributed by atoms with van der Waals surface area (Å²) in [5.74, 6) is -0.321. The molecule has 0 saturated heterocycles. The van der Waals surface area contributed by atoms with Crippen molar-refractivity contribution in [1.82, 2.24) is 14.9 Å². The lowest BCUT2D eigenvalue weighted by Gasteiger charge is -2.16. The summed E-state index contributed by atoms with van der Waals surface area (Å²) in [7, 11) is -0.831. The van der Waals surface area contributed by atoms with Gasteiger partial charge in [-0.05, 0) is 43.7 Å². The van der Waals surface area contributed by atoms with Crippen molar-refractivity contribution in [3.63, 3.8) is 0 Å². The largest absolute Gasteiger partial charge is 0.467 e. The zero-order valence-corrected chi connectivity index (χ0v) is 16.5. The van der Waals surface area contributed by atoms with Crippen LogP contribution in [0.2, 0.25) is 0 Å². The molecule has 146 valence electrons. The summed E-state index contributed by atoms with van der Waals surface area (Å²) in [4.78, 5) is 24.6. The van der Waals surface area contributed by atoms with E-state index in [1.54, 1.807) is 32.0 Å². The van der Waals surface area contributed by atoms with Crippen LogP contribution in [0.15, 0.2) is 45.9 Å². The number of rotatable bonds is 7. The third kappa shape index (κ3) is 4.95. The zero-order valence-electron chi connectivity index (χ0n) is 15.6. The fourth-order valence-corrected chi connectivity index (χ4v) is 3.45. The summed E-state index contributed by atoms with van der Waals surface area (Å²) in [6.07, 6.45) is 1.50. The maximum Gasteiger partial charge on any atom is 0.251 e. The summed E-state index contributed by atoms with van der Waals surface area (Å²) in [6, 6.07) is 7.03. The molecule has 1 aromatic heterocycles. The number of furan rings is 1. The average molecular weight is 393 g/mol. The van der Waals surface area contributed by atoms with Gasteiger partial charge in [-0.1, -0.05) is 6.07 Å². The van der Waals surface area contributed by atoms with Crippen LogP contribution in [0.3, 0.4) is 0 Å². The molecule has 8 nitrogen and oxygen atoms in total. The van der Waals surface area contributed by atoms with Crippen molar-refractivity contribution in [2.45, 2.75) is 31.3 Å². The first-order valence-corrected chi connectivity index (χ1v) is 9.71. The van der Waals surface area contributed by atoms with Gasteiger partial charge in [0.15, 0.2) is 0 Å². The number of carbonyl (C=O) groups excluding carboxylic acids is 2. The minimum Gasteiger partial charge on any atom is -0.467 e. The van der Waals surface area contributed by atoms with Crippen molar-refractivity contribution in [1.29, 1.82) is 0 Å². The lowest BCUT2D eigenvalue weighted by molar-refractivity contribution is -0.122. The Labute approximate surface area is 158 Å². The van der Waals surface area contributed by atoms with Crippen LogP contribution in [-0.2, 0) is 21.4 Å². The number of nitrogens with one attached hydrogen (secondary N) is 2. The van der Waals surface area contributed by atoms with Crippen molar-refractivity contribution in [3.8, 4) is 0 Å². The third-order valence-electron chi connectivity index (χ3n) is 3.97. The molecule has 2 rings (SSSR count). The topological polar surface area (TPSA) is 109 Å². The molecule has 0 radical (unpaired) electrons. The van der Waals surface area contributed by atoms with Crippen LogP contribution in [0.1, 0.15) is 28.6 Å². The van der Waals surface area contributed by atoms with Crippen molar-refractivity contribution in [2.75, 3.05) is 14.1 Å². The second-order valence-electron chi connectivity index (χ2n) is 6.26. The molecule has 0 aliphatic carbocycles. The third-order valence-corrected chi connectivity index (χ3v) is 5.92. The minimum absolute atomic E-state index is 0.0510. The fraction of sp³-hybridized carbons (Fsp3) is 0.333. The van der Waals surface area contributed by atoms with Gasteiger partial charge in [-0.25, -0.2) is 12.7 Å². The summed E-state index contributed by atoms with van der Waals surface area (Å²) < 4.78 is 31.0. The molecule has 2 N–H and O–H groups in total. The van der Waals surface area contributed by atoms with E-state index in [9.17, 15) is 18.0 Å². The Kier molecular flexibility index (Phi) is 6.40. The van der Waals surface area contributed by atoms with E-state index in [-0.39, 0.29) is 22.9 Å². The number of hydrogen-bond acceptors (Lipinski definition) is 5. The predicted octanol–water partition coefficient (Wildman–Crippen LogP) is 1.27. The molecular formula is C18H23N3O5S. The van der Waals surface area contributed by atoms with Crippen molar-refractivity contribution < 1.29 is 22.4 Å². The van der Waals surface area contributed by atoms with Crippen LogP contribution in [-0.4, -0.2) is 44.7 Å². The van der Waals surface area contributed by atoms with E-state index in [2.05, 4.69) is 10.6 Å². The smallest absolute Gasteiger partial charge is 0.251 e. The molecule has 0 aliphatic heterocycles. The molecule has 0 unspecified atom stereocenters. The molecule has 0 fully saturated rings. The Morgan fingerprint density at radius 2 is 1.93 bits per heavy atom. The highest BCUT2D eigenvalue weighted by molar-refractivity contribution is 7.89. The van der Waals surface area contributed by atoms with Crippen molar-refractivity contribution in [2.24, 2.45) is 0 Å². The summed E-state index contributed by atoms with van der Waals surface area (Å²) in [5, 5.41) is 5.21. The molecule has 27 heavy (non-hydrogen) atoms. The second-order valence-corrected chi connectivity index (χ2v) is 8.38. The Morgan fingerprint density at radius 3 is 2.52 bits per heavy atom. The first-order valence-electron chi connectivity index (χ1n) is 8.27. The van der Waals surface area contributed by atoms with Crippen molar-refractivity contribution in [3.05, 3.63) is 53.5 Å². The zero-order chi connectivity index (χ0) is 20.2. The maximum atomic E-state index is 12.4. The molecule has 1 atom stereocenters. The fourth-order valence-electron chi connectivity index (χ4n) is 2.30. The first kappa shape index (κ1) is 20.7. The molecule has 0 bridgehead atoms. The lowest BCUT2D eigenvalue weighted by atomic mass is 10.1. The van der Waals surface area contributed by atoms with Gasteiger partial charge in [0.1, 0.15) is 11.8 Å². The Hall–Kier alpha value is -2.65. The number of amides is 2. The van der Waals surface area contributed by atoms with E-state index in [1.165, 1.54) is 32.5 Å². The summed E-state index contributed by atoms with van der Waals surface area (Å²) >= 11 is 0. The molecule has 2 amide bonds. The first-order chi connectivity index (χ1) is 12.6. The van der Waals surface area contributed by atoms with Crippen LogP contribution in [0.25, 0.3) is 0 Å². The molecule has 9 heteroatoms. The van der Waals surface area contributed by atoms with Gasteiger partial charge >= 0.3 is 0 Å². The molecule has 0 aliphatic rings. The van der Waals surface area contributed by atoms with Crippen LogP contribution < -0.4 is 10.6 Å². The predicted molar refractivity (Wildman–Crippen MR) is 99.5 cm³/mol. The van der Waals surface area contributed by atoms with Crippen LogP contribution in [0.5, 0.6) is 0 Å². The molecule has 0 saturated carbocycles. The van der Waals surface area contributed by atoms with Gasteiger partial charge in [-0.3, -0.25) is 9.59 Å². The molecular weight excluding hydrogens is 370 g/mol. The van der Waals surface area contributed by atoms with E-state index >= 15 is 0 Å². The Balaban J connectivity index is 2.08. The number of sulfonamides is 1. The van der Waals surface area contributed by atoms with Gasteiger partial charge in [0.25, 0.3) is 5.91 Å². The Bertz CT molecular complexity index is 920. The van der Waals surface area contributed by atoms with Crippen LogP contribution in [0, 0.1) is 6.92 Å². The number of hydrogen-bond donors (Lipinski definition) is 2. The lowest BCUT2D eigenvalue weighted by Crippen LogP contribution is -2.44. The van der Waals surface area contributed by atoms with Gasteiger partial charge in [0.05, 0.1) is 17.7 Å². The van der Waals surface area contributed by atoms with Gasteiger partial charge in [0.2, 0.25) is 15.9 Å². The molecule has 1 aromatic carbocycles. The van der Waals surface area contributed by atoms with Gasteiger partial charge < -0.3 is 15.1 Å². The van der Waals surface area contributed by atoms with Gasteiger partial charge in [-0.2, -0.15) is 0 Å². The van der Waals surface area contributed by atoms with E-state index in [0.29, 0.717) is 11.3 Å². The van der Waals surface area contributed by atoms with E-state index < -0.39 is 22.0 Å². The van der Waals surface area contributed by atoms with Crippen molar-refractivity contribution >= 4 is 21.8 Å². The van der Waals surface area contributed by atoms with Crippen LogP contribution >= 0.6 is 0 Å².